The number of hydroxylamine groups is 2. The highest BCUT2D eigenvalue weighted by molar-refractivity contribution is 7.19. The van der Waals surface area contributed by atoms with Gasteiger partial charge in [0, 0.05) is 42.0 Å². The molecule has 0 bridgehead atoms. The maximum Gasteiger partial charge on any atom is 0.279 e. The normalized spacial score (nSPS) is 17.9. The Kier molecular flexibility index (Phi) is 6.21. The molecule has 1 aliphatic rings. The summed E-state index contributed by atoms with van der Waals surface area (Å²) >= 11 is 1.40. The first-order chi connectivity index (χ1) is 17.5. The van der Waals surface area contributed by atoms with Crippen molar-refractivity contribution in [3.8, 4) is 5.95 Å². The van der Waals surface area contributed by atoms with Gasteiger partial charge in [0.05, 0.1) is 33.6 Å². The third kappa shape index (κ3) is 4.34. The van der Waals surface area contributed by atoms with Crippen molar-refractivity contribution < 1.29 is 14.7 Å². The first kappa shape index (κ1) is 25.2. The minimum absolute atomic E-state index is 0.00495. The zero-order chi connectivity index (χ0) is 26.6. The largest absolute Gasteiger partial charge is 0.386 e. The molecule has 0 aromatic carbocycles. The Morgan fingerprint density at radius 1 is 1.24 bits per heavy atom. The van der Waals surface area contributed by atoms with Gasteiger partial charge in [-0.15, -0.1) is 11.3 Å². The summed E-state index contributed by atoms with van der Waals surface area (Å²) in [4.78, 5) is 42.1. The summed E-state index contributed by atoms with van der Waals surface area (Å²) in [6.07, 6.45) is 3.68. The lowest BCUT2D eigenvalue weighted by atomic mass is 10.0. The fourth-order valence-corrected chi connectivity index (χ4v) is 5.99. The minimum Gasteiger partial charge on any atom is -0.386 e. The lowest BCUT2D eigenvalue weighted by Gasteiger charge is -2.17. The quantitative estimate of drug-likeness (QED) is 0.422. The van der Waals surface area contributed by atoms with Crippen LogP contribution in [0.15, 0.2) is 23.3 Å². The molecule has 4 aromatic heterocycles. The van der Waals surface area contributed by atoms with Gasteiger partial charge in [0.25, 0.3) is 17.4 Å². The van der Waals surface area contributed by atoms with E-state index in [1.807, 2.05) is 27.7 Å². The third-order valence-corrected chi connectivity index (χ3v) is 7.71. The van der Waals surface area contributed by atoms with Crippen LogP contribution in [0.5, 0.6) is 0 Å². The van der Waals surface area contributed by atoms with Crippen LogP contribution >= 0.6 is 11.3 Å². The van der Waals surface area contributed by atoms with Crippen LogP contribution in [0.2, 0.25) is 0 Å². The number of rotatable bonds is 5. The number of aryl methyl sites for hydroxylation is 2. The topological polar surface area (TPSA) is 128 Å². The molecule has 0 saturated carbocycles. The van der Waals surface area contributed by atoms with Crippen molar-refractivity contribution in [2.75, 3.05) is 13.2 Å². The summed E-state index contributed by atoms with van der Waals surface area (Å²) < 4.78 is 3.66. The second kappa shape index (κ2) is 9.12. The van der Waals surface area contributed by atoms with Crippen molar-refractivity contribution in [2.45, 2.75) is 52.6 Å². The van der Waals surface area contributed by atoms with Crippen molar-refractivity contribution in [3.05, 3.63) is 61.9 Å². The predicted molar refractivity (Wildman–Crippen MR) is 138 cm³/mol. The summed E-state index contributed by atoms with van der Waals surface area (Å²) in [7, 11) is 1.59. The Balaban J connectivity index is 1.70. The Labute approximate surface area is 217 Å². The molecule has 4 aromatic rings. The fraction of sp³-hybridized carbons (Fsp3) is 0.440. The van der Waals surface area contributed by atoms with Crippen LogP contribution in [0.4, 0.5) is 0 Å². The first-order valence-electron chi connectivity index (χ1n) is 12.0. The highest BCUT2D eigenvalue weighted by Gasteiger charge is 2.39. The van der Waals surface area contributed by atoms with E-state index in [2.05, 4.69) is 20.2 Å². The van der Waals surface area contributed by atoms with E-state index in [9.17, 15) is 14.7 Å². The second-order valence-electron chi connectivity index (χ2n) is 9.97. The maximum absolute atomic E-state index is 13.8. The average Bonchev–Trinajstić information content (AvgIpc) is 3.50. The van der Waals surface area contributed by atoms with Gasteiger partial charge >= 0.3 is 0 Å². The first-order valence-corrected chi connectivity index (χ1v) is 12.8. The number of thiophene rings is 1. The number of carbonyl (C=O) groups is 1. The van der Waals surface area contributed by atoms with Crippen LogP contribution in [0.25, 0.3) is 16.0 Å². The third-order valence-electron chi connectivity index (χ3n) is 6.50. The molecular weight excluding hydrogens is 494 g/mol. The number of fused-ring (bicyclic) bond motifs is 1. The van der Waals surface area contributed by atoms with Crippen LogP contribution < -0.4 is 5.56 Å². The lowest BCUT2D eigenvalue weighted by molar-refractivity contribution is -0.0796. The number of carbonyl (C=O) groups excluding carboxylic acids is 1. The molecule has 1 saturated heterocycles. The molecule has 37 heavy (non-hydrogen) atoms. The van der Waals surface area contributed by atoms with Gasteiger partial charge < -0.3 is 5.11 Å². The van der Waals surface area contributed by atoms with E-state index < -0.39 is 11.5 Å². The standard InChI is InChI=1S/C25H29N7O4S/c1-13(2)20-21-19(22(33)30(6)29-20)18(23(34)31-11-25(5,35)12-36-31)17(37-21)10-16-14(3)28-32(15(16)4)24-26-8-7-9-27-24/h7-9,13,35H,10-12H2,1-6H3/t25-/m0/s1. The molecule has 5 rings (SSSR count). The van der Waals surface area contributed by atoms with Crippen LogP contribution in [-0.4, -0.2) is 64.4 Å². The van der Waals surface area contributed by atoms with E-state index in [4.69, 9.17) is 4.84 Å². The predicted octanol–water partition coefficient (Wildman–Crippen LogP) is 2.44. The van der Waals surface area contributed by atoms with Crippen LogP contribution in [-0.2, 0) is 18.3 Å². The molecule has 12 heteroatoms. The van der Waals surface area contributed by atoms with Crippen LogP contribution in [0.1, 0.15) is 64.6 Å². The summed E-state index contributed by atoms with van der Waals surface area (Å²) in [6.45, 7) is 9.46. The van der Waals surface area contributed by atoms with Crippen LogP contribution in [0.3, 0.4) is 0 Å². The Morgan fingerprint density at radius 3 is 2.57 bits per heavy atom. The Morgan fingerprint density at radius 2 is 1.95 bits per heavy atom. The smallest absolute Gasteiger partial charge is 0.279 e. The number of aromatic nitrogens is 6. The lowest BCUT2D eigenvalue weighted by Crippen LogP contribution is -2.35. The molecule has 194 valence electrons. The van der Waals surface area contributed by atoms with E-state index in [1.54, 1.807) is 37.1 Å². The average molecular weight is 524 g/mol. The van der Waals surface area contributed by atoms with Gasteiger partial charge in [-0.1, -0.05) is 13.8 Å². The molecule has 11 nitrogen and oxygen atoms in total. The molecular formula is C25H29N7O4S. The monoisotopic (exact) mass is 523 g/mol. The van der Waals surface area contributed by atoms with E-state index >= 15 is 0 Å². The second-order valence-corrected chi connectivity index (χ2v) is 11.1. The number of hydrogen-bond acceptors (Lipinski definition) is 9. The molecule has 5 heterocycles. The fourth-order valence-electron chi connectivity index (χ4n) is 4.56. The molecule has 1 aliphatic heterocycles. The molecule has 0 unspecified atom stereocenters. The number of aliphatic hydroxyl groups is 1. The van der Waals surface area contributed by atoms with E-state index in [-0.39, 0.29) is 30.2 Å². The zero-order valence-corrected chi connectivity index (χ0v) is 22.5. The molecule has 0 radical (unpaired) electrons. The summed E-state index contributed by atoms with van der Waals surface area (Å²) in [5.74, 6) is 0.0370. The van der Waals surface area contributed by atoms with Crippen LogP contribution in [0, 0.1) is 13.8 Å². The Bertz CT molecular complexity index is 1570. The molecule has 1 fully saturated rings. The zero-order valence-electron chi connectivity index (χ0n) is 21.6. The van der Waals surface area contributed by atoms with E-state index in [1.165, 1.54) is 16.0 Å². The molecule has 1 atom stereocenters. The van der Waals surface area contributed by atoms with Gasteiger partial charge in [0.2, 0.25) is 0 Å². The van der Waals surface area contributed by atoms with Gasteiger partial charge in [0.1, 0.15) is 12.2 Å². The minimum atomic E-state index is -1.17. The summed E-state index contributed by atoms with van der Waals surface area (Å²) in [6, 6.07) is 1.74. The number of hydrogen-bond donors (Lipinski definition) is 1. The molecule has 0 spiro atoms. The van der Waals surface area contributed by atoms with Crippen molar-refractivity contribution >= 4 is 27.3 Å². The molecule has 0 aliphatic carbocycles. The number of β-amino-alcohol motifs (C(OH)–C–C–N with tert-alkyl or cyclic N) is 1. The van der Waals surface area contributed by atoms with Gasteiger partial charge in [-0.05, 0) is 32.8 Å². The SMILES string of the molecule is Cc1nn(-c2ncccn2)c(C)c1Cc1sc2c(C(C)C)nn(C)c(=O)c2c1C(=O)N1C[C@](C)(O)CO1. The van der Waals surface area contributed by atoms with E-state index in [0.717, 1.165) is 27.7 Å². The van der Waals surface area contributed by atoms with Gasteiger partial charge in [-0.2, -0.15) is 10.2 Å². The van der Waals surface area contributed by atoms with Crippen molar-refractivity contribution in [3.63, 3.8) is 0 Å². The van der Waals surface area contributed by atoms with Crippen molar-refractivity contribution in [1.29, 1.82) is 0 Å². The van der Waals surface area contributed by atoms with E-state index in [0.29, 0.717) is 27.3 Å². The maximum atomic E-state index is 13.8. The summed E-state index contributed by atoms with van der Waals surface area (Å²) in [5, 5.41) is 21.0. The Hall–Kier alpha value is -3.48. The van der Waals surface area contributed by atoms with Gasteiger partial charge in [-0.3, -0.25) is 14.4 Å². The van der Waals surface area contributed by atoms with Gasteiger partial charge in [0.15, 0.2) is 0 Å². The summed E-state index contributed by atoms with van der Waals surface area (Å²) in [5.41, 5.74) is 2.05. The molecule has 1 amide bonds. The van der Waals surface area contributed by atoms with Crippen molar-refractivity contribution in [2.24, 2.45) is 7.05 Å². The molecule has 1 N–H and O–H groups in total. The number of amides is 1. The highest BCUT2D eigenvalue weighted by atomic mass is 32.1. The van der Waals surface area contributed by atoms with Crippen molar-refractivity contribution in [1.82, 2.24) is 34.6 Å². The number of nitrogens with zero attached hydrogens (tertiary/aromatic N) is 7. The van der Waals surface area contributed by atoms with Gasteiger partial charge in [-0.25, -0.2) is 24.4 Å². The highest BCUT2D eigenvalue weighted by Crippen LogP contribution is 2.37.